The van der Waals surface area contributed by atoms with Gasteiger partial charge in [-0.05, 0) is 23.8 Å². The first kappa shape index (κ1) is 18.3. The Balaban J connectivity index is 1.76. The van der Waals surface area contributed by atoms with Gasteiger partial charge in [0.25, 0.3) is 5.91 Å². The van der Waals surface area contributed by atoms with E-state index in [0.717, 1.165) is 11.1 Å². The Morgan fingerprint density at radius 3 is 2.56 bits per heavy atom. The lowest BCUT2D eigenvalue weighted by molar-refractivity contribution is -0.147. The molecule has 1 amide bonds. The molecule has 0 bridgehead atoms. The number of nitrogens with one attached hydrogen (secondary N) is 1. The zero-order valence-corrected chi connectivity index (χ0v) is 14.3. The van der Waals surface area contributed by atoms with E-state index in [1.54, 1.807) is 38.5 Å². The minimum absolute atomic E-state index is 0.0803. The predicted octanol–water partition coefficient (Wildman–Crippen LogP) is 2.11. The van der Waals surface area contributed by atoms with Crippen LogP contribution in [0.2, 0.25) is 0 Å². The highest BCUT2D eigenvalue weighted by Crippen LogP contribution is 2.16. The lowest BCUT2D eigenvalue weighted by Gasteiger charge is -2.10. The predicted molar refractivity (Wildman–Crippen MR) is 92.5 cm³/mol. The van der Waals surface area contributed by atoms with Gasteiger partial charge in [0.15, 0.2) is 6.61 Å². The molecule has 25 heavy (non-hydrogen) atoms. The SMILES string of the molecule is COc1cccc(CC(=O)OCC(=O)NCc2ccccc2OC)c1. The van der Waals surface area contributed by atoms with E-state index < -0.39 is 5.97 Å². The van der Waals surface area contributed by atoms with Crippen LogP contribution >= 0.6 is 0 Å². The molecule has 0 aromatic heterocycles. The number of amides is 1. The molecule has 0 aliphatic heterocycles. The summed E-state index contributed by atoms with van der Waals surface area (Å²) in [7, 11) is 3.13. The summed E-state index contributed by atoms with van der Waals surface area (Å²) in [6.07, 6.45) is 0.0803. The van der Waals surface area contributed by atoms with Crippen LogP contribution in [0.1, 0.15) is 11.1 Å². The van der Waals surface area contributed by atoms with Crippen LogP contribution in [0, 0.1) is 0 Å². The van der Waals surface area contributed by atoms with Crippen LogP contribution in [0.5, 0.6) is 11.5 Å². The largest absolute Gasteiger partial charge is 0.497 e. The fourth-order valence-electron chi connectivity index (χ4n) is 2.24. The Hall–Kier alpha value is -3.02. The molecule has 0 heterocycles. The second-order valence-electron chi connectivity index (χ2n) is 5.28. The van der Waals surface area contributed by atoms with Crippen molar-refractivity contribution in [1.29, 1.82) is 0 Å². The van der Waals surface area contributed by atoms with Crippen molar-refractivity contribution in [3.63, 3.8) is 0 Å². The lowest BCUT2D eigenvalue weighted by atomic mass is 10.1. The molecule has 2 aromatic rings. The first-order valence-electron chi connectivity index (χ1n) is 7.79. The number of para-hydroxylation sites is 1. The first-order valence-corrected chi connectivity index (χ1v) is 7.79. The zero-order valence-electron chi connectivity index (χ0n) is 14.3. The third kappa shape index (κ3) is 5.84. The van der Waals surface area contributed by atoms with Crippen LogP contribution in [0.3, 0.4) is 0 Å². The maximum Gasteiger partial charge on any atom is 0.310 e. The molecule has 0 radical (unpaired) electrons. The van der Waals surface area contributed by atoms with Gasteiger partial charge in [-0.3, -0.25) is 9.59 Å². The molecule has 6 nitrogen and oxygen atoms in total. The molecule has 2 rings (SSSR count). The van der Waals surface area contributed by atoms with E-state index in [1.807, 2.05) is 24.3 Å². The van der Waals surface area contributed by atoms with Crippen molar-refractivity contribution in [1.82, 2.24) is 5.32 Å². The normalized spacial score (nSPS) is 10.0. The van der Waals surface area contributed by atoms with Crippen molar-refractivity contribution in [2.75, 3.05) is 20.8 Å². The summed E-state index contributed by atoms with van der Waals surface area (Å²) in [5.41, 5.74) is 1.61. The van der Waals surface area contributed by atoms with Crippen molar-refractivity contribution >= 4 is 11.9 Å². The topological polar surface area (TPSA) is 73.9 Å². The van der Waals surface area contributed by atoms with Crippen LogP contribution in [0.25, 0.3) is 0 Å². The van der Waals surface area contributed by atoms with Crippen molar-refractivity contribution in [3.05, 3.63) is 59.7 Å². The van der Waals surface area contributed by atoms with Gasteiger partial charge in [0.2, 0.25) is 0 Å². The van der Waals surface area contributed by atoms with Gasteiger partial charge in [0.05, 0.1) is 20.6 Å². The van der Waals surface area contributed by atoms with E-state index in [2.05, 4.69) is 5.32 Å². The third-order valence-electron chi connectivity index (χ3n) is 3.52. The molecule has 132 valence electrons. The molecule has 0 fully saturated rings. The van der Waals surface area contributed by atoms with Crippen LogP contribution < -0.4 is 14.8 Å². The average Bonchev–Trinajstić information content (AvgIpc) is 2.65. The monoisotopic (exact) mass is 343 g/mol. The van der Waals surface area contributed by atoms with Crippen LogP contribution in [-0.2, 0) is 27.3 Å². The Morgan fingerprint density at radius 2 is 1.80 bits per heavy atom. The lowest BCUT2D eigenvalue weighted by Crippen LogP contribution is -2.28. The maximum atomic E-state index is 11.8. The molecular formula is C19H21NO5. The van der Waals surface area contributed by atoms with Crippen LogP contribution in [-0.4, -0.2) is 32.7 Å². The number of esters is 1. The Morgan fingerprint density at radius 1 is 1.00 bits per heavy atom. The minimum Gasteiger partial charge on any atom is -0.497 e. The number of carbonyl (C=O) groups excluding carboxylic acids is 2. The zero-order chi connectivity index (χ0) is 18.1. The number of ether oxygens (including phenoxy) is 3. The molecule has 6 heteroatoms. The highest BCUT2D eigenvalue weighted by molar-refractivity contribution is 5.81. The molecule has 0 aliphatic carbocycles. The Bertz CT molecular complexity index is 729. The minimum atomic E-state index is -0.472. The summed E-state index contributed by atoms with van der Waals surface area (Å²) in [4.78, 5) is 23.7. The molecule has 1 N–H and O–H groups in total. The van der Waals surface area contributed by atoms with Gasteiger partial charge in [-0.25, -0.2) is 0 Å². The summed E-state index contributed by atoms with van der Waals surface area (Å²) in [6.45, 7) is -0.0196. The third-order valence-corrected chi connectivity index (χ3v) is 3.52. The highest BCUT2D eigenvalue weighted by Gasteiger charge is 2.10. The standard InChI is InChI=1S/C19H21NO5/c1-23-16-8-5-6-14(10-16)11-19(22)25-13-18(21)20-12-15-7-3-4-9-17(15)24-2/h3-10H,11-13H2,1-2H3,(H,20,21). The molecular weight excluding hydrogens is 322 g/mol. The maximum absolute atomic E-state index is 11.8. The van der Waals surface area contributed by atoms with E-state index in [9.17, 15) is 9.59 Å². The van der Waals surface area contributed by atoms with E-state index in [0.29, 0.717) is 18.0 Å². The van der Waals surface area contributed by atoms with Crippen LogP contribution in [0.15, 0.2) is 48.5 Å². The van der Waals surface area contributed by atoms with Crippen LogP contribution in [0.4, 0.5) is 0 Å². The summed E-state index contributed by atoms with van der Waals surface area (Å²) in [5, 5.41) is 2.69. The molecule has 0 spiro atoms. The van der Waals surface area contributed by atoms with Gasteiger partial charge in [0.1, 0.15) is 11.5 Å². The Kier molecular flexibility index (Phi) is 6.83. The quantitative estimate of drug-likeness (QED) is 0.743. The molecule has 0 atom stereocenters. The molecule has 0 saturated carbocycles. The summed E-state index contributed by atoms with van der Waals surface area (Å²) in [6, 6.07) is 14.5. The van der Waals surface area contributed by atoms with E-state index in [4.69, 9.17) is 14.2 Å². The highest BCUT2D eigenvalue weighted by atomic mass is 16.5. The van der Waals surface area contributed by atoms with Crippen molar-refractivity contribution in [2.24, 2.45) is 0 Å². The summed E-state index contributed by atoms with van der Waals surface area (Å²) < 4.78 is 15.3. The second kappa shape index (κ2) is 9.32. The molecule has 2 aromatic carbocycles. The summed E-state index contributed by atoms with van der Waals surface area (Å²) in [5.74, 6) is 0.517. The first-order chi connectivity index (χ1) is 12.1. The fraction of sp³-hybridized carbons (Fsp3) is 0.263. The van der Waals surface area contributed by atoms with E-state index >= 15 is 0 Å². The number of benzene rings is 2. The number of carbonyl (C=O) groups is 2. The van der Waals surface area contributed by atoms with Gasteiger partial charge < -0.3 is 19.5 Å². The van der Waals surface area contributed by atoms with Crippen molar-refractivity contribution < 1.29 is 23.8 Å². The molecule has 0 aliphatic rings. The Labute approximate surface area is 146 Å². The van der Waals surface area contributed by atoms with Gasteiger partial charge >= 0.3 is 5.97 Å². The van der Waals surface area contributed by atoms with E-state index in [-0.39, 0.29) is 18.9 Å². The van der Waals surface area contributed by atoms with E-state index in [1.165, 1.54) is 0 Å². The smallest absolute Gasteiger partial charge is 0.310 e. The number of hydrogen-bond acceptors (Lipinski definition) is 5. The van der Waals surface area contributed by atoms with Crippen molar-refractivity contribution in [3.8, 4) is 11.5 Å². The average molecular weight is 343 g/mol. The molecule has 0 unspecified atom stereocenters. The number of methoxy groups -OCH3 is 2. The summed E-state index contributed by atoms with van der Waals surface area (Å²) >= 11 is 0. The fourth-order valence-corrected chi connectivity index (χ4v) is 2.24. The van der Waals surface area contributed by atoms with Gasteiger partial charge in [0, 0.05) is 12.1 Å². The van der Waals surface area contributed by atoms with Gasteiger partial charge in [-0.1, -0.05) is 30.3 Å². The number of hydrogen-bond donors (Lipinski definition) is 1. The van der Waals surface area contributed by atoms with Gasteiger partial charge in [-0.2, -0.15) is 0 Å². The van der Waals surface area contributed by atoms with Gasteiger partial charge in [-0.15, -0.1) is 0 Å². The molecule has 0 saturated heterocycles. The van der Waals surface area contributed by atoms with Crippen molar-refractivity contribution in [2.45, 2.75) is 13.0 Å². The second-order valence-corrected chi connectivity index (χ2v) is 5.28. The number of rotatable bonds is 8.